The van der Waals surface area contributed by atoms with E-state index in [-0.39, 0.29) is 0 Å². The van der Waals surface area contributed by atoms with E-state index in [1.165, 1.54) is 22.3 Å². The molecule has 1 aliphatic rings. The van der Waals surface area contributed by atoms with Crippen molar-refractivity contribution in [3.8, 4) is 0 Å². The van der Waals surface area contributed by atoms with E-state index in [0.717, 1.165) is 5.56 Å². The number of hydrogen-bond acceptors (Lipinski definition) is 2. The molecule has 1 atom stereocenters. The van der Waals surface area contributed by atoms with Gasteiger partial charge in [0.15, 0.2) is 0 Å². The molecule has 0 bridgehead atoms. The molecule has 0 saturated carbocycles. The summed E-state index contributed by atoms with van der Waals surface area (Å²) in [5.74, 6) is 0.311. The van der Waals surface area contributed by atoms with E-state index in [0.29, 0.717) is 5.92 Å². The zero-order valence-corrected chi connectivity index (χ0v) is 11.7. The molecule has 0 N–H and O–H groups in total. The summed E-state index contributed by atoms with van der Waals surface area (Å²) >= 11 is 0. The molecule has 3 rings (SSSR count). The smallest absolute Gasteiger partial charge is 0.106 e. The van der Waals surface area contributed by atoms with Crippen LogP contribution in [0.15, 0.2) is 59.3 Å². The zero-order valence-electron chi connectivity index (χ0n) is 11.7. The van der Waals surface area contributed by atoms with Crippen LogP contribution in [0.4, 0.5) is 0 Å². The molecule has 2 aromatic rings. The molecule has 0 radical (unpaired) electrons. The van der Waals surface area contributed by atoms with Crippen LogP contribution in [-0.4, -0.2) is 13.3 Å². The summed E-state index contributed by atoms with van der Waals surface area (Å²) in [5, 5.41) is 3.91. The van der Waals surface area contributed by atoms with Gasteiger partial charge in [-0.25, -0.2) is 0 Å². The van der Waals surface area contributed by atoms with Crippen LogP contribution in [0.25, 0.3) is 6.08 Å². The van der Waals surface area contributed by atoms with Gasteiger partial charge < -0.3 is 4.84 Å². The van der Waals surface area contributed by atoms with E-state index in [1.54, 1.807) is 13.3 Å². The van der Waals surface area contributed by atoms with Crippen molar-refractivity contribution in [3.63, 3.8) is 0 Å². The Kier molecular flexibility index (Phi) is 3.38. The van der Waals surface area contributed by atoms with Gasteiger partial charge in [-0.05, 0) is 23.6 Å². The molecular weight excluding hydrogens is 246 g/mol. The lowest BCUT2D eigenvalue weighted by Gasteiger charge is -2.17. The van der Waals surface area contributed by atoms with E-state index in [4.69, 9.17) is 4.84 Å². The molecule has 0 aromatic heterocycles. The SMILES string of the molecule is CON=Cc1ccccc1C1C(C)=Cc2ccccc21. The van der Waals surface area contributed by atoms with Crippen LogP contribution in [0, 0.1) is 0 Å². The first-order chi connectivity index (χ1) is 9.81. The van der Waals surface area contributed by atoms with Gasteiger partial charge in [0, 0.05) is 11.5 Å². The third kappa shape index (κ3) is 2.14. The Hall–Kier alpha value is -2.35. The van der Waals surface area contributed by atoms with Crippen molar-refractivity contribution < 1.29 is 4.84 Å². The van der Waals surface area contributed by atoms with Crippen molar-refractivity contribution in [2.45, 2.75) is 12.8 Å². The lowest BCUT2D eigenvalue weighted by atomic mass is 9.86. The Morgan fingerprint density at radius 2 is 1.70 bits per heavy atom. The summed E-state index contributed by atoms with van der Waals surface area (Å²) < 4.78 is 0. The maximum absolute atomic E-state index is 4.81. The van der Waals surface area contributed by atoms with Crippen LogP contribution < -0.4 is 0 Å². The average Bonchev–Trinajstić information content (AvgIpc) is 2.81. The Morgan fingerprint density at radius 3 is 2.50 bits per heavy atom. The maximum Gasteiger partial charge on any atom is 0.106 e. The van der Waals surface area contributed by atoms with Crippen molar-refractivity contribution in [3.05, 3.63) is 76.4 Å². The van der Waals surface area contributed by atoms with E-state index in [2.05, 4.69) is 60.6 Å². The summed E-state index contributed by atoms with van der Waals surface area (Å²) in [7, 11) is 1.56. The fraction of sp³-hybridized carbons (Fsp3) is 0.167. The highest BCUT2D eigenvalue weighted by atomic mass is 16.6. The van der Waals surface area contributed by atoms with Crippen LogP contribution in [-0.2, 0) is 4.84 Å². The van der Waals surface area contributed by atoms with Gasteiger partial charge >= 0.3 is 0 Å². The highest BCUT2D eigenvalue weighted by Crippen LogP contribution is 2.41. The molecule has 0 heterocycles. The van der Waals surface area contributed by atoms with E-state index >= 15 is 0 Å². The second-order valence-corrected chi connectivity index (χ2v) is 5.00. The van der Waals surface area contributed by atoms with Crippen molar-refractivity contribution in [1.82, 2.24) is 0 Å². The minimum absolute atomic E-state index is 0.311. The van der Waals surface area contributed by atoms with Gasteiger partial charge in [-0.3, -0.25) is 0 Å². The molecule has 2 nitrogen and oxygen atoms in total. The third-order valence-electron chi connectivity index (χ3n) is 3.75. The topological polar surface area (TPSA) is 21.6 Å². The molecule has 0 spiro atoms. The lowest BCUT2D eigenvalue weighted by molar-refractivity contribution is 0.215. The first-order valence-electron chi connectivity index (χ1n) is 6.74. The highest BCUT2D eigenvalue weighted by Gasteiger charge is 2.25. The van der Waals surface area contributed by atoms with Gasteiger partial charge in [-0.1, -0.05) is 65.3 Å². The number of nitrogens with zero attached hydrogens (tertiary/aromatic N) is 1. The van der Waals surface area contributed by atoms with Crippen LogP contribution in [0.5, 0.6) is 0 Å². The number of rotatable bonds is 3. The lowest BCUT2D eigenvalue weighted by Crippen LogP contribution is -2.03. The van der Waals surface area contributed by atoms with Crippen molar-refractivity contribution in [2.24, 2.45) is 5.16 Å². The molecule has 0 saturated heterocycles. The number of allylic oxidation sites excluding steroid dienone is 1. The number of benzene rings is 2. The van der Waals surface area contributed by atoms with Gasteiger partial charge in [-0.2, -0.15) is 0 Å². The van der Waals surface area contributed by atoms with Crippen molar-refractivity contribution >= 4 is 12.3 Å². The largest absolute Gasteiger partial charge is 0.399 e. The van der Waals surface area contributed by atoms with Crippen LogP contribution in [0.1, 0.15) is 35.1 Å². The molecule has 2 heteroatoms. The first-order valence-corrected chi connectivity index (χ1v) is 6.74. The van der Waals surface area contributed by atoms with Gasteiger partial charge in [-0.15, -0.1) is 0 Å². The summed E-state index contributed by atoms with van der Waals surface area (Å²) in [6.07, 6.45) is 4.05. The summed E-state index contributed by atoms with van der Waals surface area (Å²) in [6.45, 7) is 2.19. The van der Waals surface area contributed by atoms with Gasteiger partial charge in [0.05, 0.1) is 6.21 Å². The predicted molar refractivity (Wildman–Crippen MR) is 83.0 cm³/mol. The normalized spacial score (nSPS) is 17.1. The minimum atomic E-state index is 0.311. The standard InChI is InChI=1S/C18H17NO/c1-13-11-14-7-3-5-9-16(14)18(13)17-10-6-4-8-15(17)12-19-20-2/h3-12,18H,1-2H3. The fourth-order valence-corrected chi connectivity index (χ4v) is 2.89. The molecule has 0 aliphatic heterocycles. The first kappa shape index (κ1) is 12.7. The Morgan fingerprint density at radius 1 is 1.00 bits per heavy atom. The highest BCUT2D eigenvalue weighted by molar-refractivity contribution is 5.83. The molecular formula is C18H17NO. The second kappa shape index (κ2) is 5.33. The van der Waals surface area contributed by atoms with Crippen LogP contribution in [0.3, 0.4) is 0 Å². The summed E-state index contributed by atoms with van der Waals surface area (Å²) in [5.41, 5.74) is 6.41. The van der Waals surface area contributed by atoms with Gasteiger partial charge in [0.2, 0.25) is 0 Å². The predicted octanol–water partition coefficient (Wildman–Crippen LogP) is 4.22. The van der Waals surface area contributed by atoms with Gasteiger partial charge in [0.1, 0.15) is 7.11 Å². The van der Waals surface area contributed by atoms with Crippen molar-refractivity contribution in [2.75, 3.05) is 7.11 Å². The molecule has 0 fully saturated rings. The molecule has 100 valence electrons. The monoisotopic (exact) mass is 263 g/mol. The molecule has 2 aromatic carbocycles. The quantitative estimate of drug-likeness (QED) is 0.600. The van der Waals surface area contributed by atoms with Crippen molar-refractivity contribution in [1.29, 1.82) is 0 Å². The molecule has 1 unspecified atom stereocenters. The summed E-state index contributed by atoms with van der Waals surface area (Å²) in [4.78, 5) is 4.81. The second-order valence-electron chi connectivity index (χ2n) is 5.00. The van der Waals surface area contributed by atoms with Crippen LogP contribution in [0.2, 0.25) is 0 Å². The number of fused-ring (bicyclic) bond motifs is 1. The Balaban J connectivity index is 2.11. The number of oxime groups is 1. The van der Waals surface area contributed by atoms with Crippen LogP contribution >= 0.6 is 0 Å². The fourth-order valence-electron chi connectivity index (χ4n) is 2.89. The molecule has 0 amide bonds. The van der Waals surface area contributed by atoms with E-state index < -0.39 is 0 Å². The van der Waals surface area contributed by atoms with Gasteiger partial charge in [0.25, 0.3) is 0 Å². The Labute approximate surface area is 119 Å². The van der Waals surface area contributed by atoms with E-state index in [9.17, 15) is 0 Å². The minimum Gasteiger partial charge on any atom is -0.399 e. The maximum atomic E-state index is 4.81. The number of hydrogen-bond donors (Lipinski definition) is 0. The van der Waals surface area contributed by atoms with E-state index in [1.807, 2.05) is 6.07 Å². The summed E-state index contributed by atoms with van der Waals surface area (Å²) in [6, 6.07) is 16.9. The molecule has 1 aliphatic carbocycles. The average molecular weight is 263 g/mol. The third-order valence-corrected chi connectivity index (χ3v) is 3.75. The molecule has 20 heavy (non-hydrogen) atoms. The Bertz CT molecular complexity index is 685. The zero-order chi connectivity index (χ0) is 13.9.